The van der Waals surface area contributed by atoms with Crippen LogP contribution in [0.2, 0.25) is 0 Å². The summed E-state index contributed by atoms with van der Waals surface area (Å²) in [6.07, 6.45) is 2.15. The zero-order valence-electron chi connectivity index (χ0n) is 12.5. The molecule has 0 saturated carbocycles. The van der Waals surface area contributed by atoms with Crippen molar-refractivity contribution in [3.05, 3.63) is 23.7 Å². The first-order chi connectivity index (χ1) is 10.1. The van der Waals surface area contributed by atoms with Crippen LogP contribution in [0.4, 0.5) is 0 Å². The van der Waals surface area contributed by atoms with E-state index in [4.69, 9.17) is 9.15 Å². The largest absolute Gasteiger partial charge is 0.459 e. The first kappa shape index (κ1) is 17.2. The number of hydrogen-bond donors (Lipinski definition) is 3. The van der Waals surface area contributed by atoms with Crippen LogP contribution in [-0.2, 0) is 9.53 Å². The van der Waals surface area contributed by atoms with Crippen LogP contribution in [0.15, 0.2) is 16.7 Å². The van der Waals surface area contributed by atoms with Crippen LogP contribution in [0.3, 0.4) is 0 Å². The summed E-state index contributed by atoms with van der Waals surface area (Å²) < 4.78 is 9.94. The van der Waals surface area contributed by atoms with Crippen LogP contribution in [0.1, 0.15) is 22.5 Å². The van der Waals surface area contributed by atoms with Crippen molar-refractivity contribution < 1.29 is 18.7 Å². The summed E-state index contributed by atoms with van der Waals surface area (Å²) in [6.45, 7) is 4.29. The summed E-state index contributed by atoms with van der Waals surface area (Å²) in [6, 6.07) is 1.74. The van der Waals surface area contributed by atoms with E-state index in [1.165, 1.54) is 6.26 Å². The smallest absolute Gasteiger partial charge is 0.287 e. The average Bonchev–Trinajstić information content (AvgIpc) is 2.89. The first-order valence-corrected chi connectivity index (χ1v) is 6.93. The van der Waals surface area contributed by atoms with Gasteiger partial charge in [-0.25, -0.2) is 0 Å². The molecule has 0 aliphatic heterocycles. The quantitative estimate of drug-likeness (QED) is 0.531. The van der Waals surface area contributed by atoms with Crippen LogP contribution in [-0.4, -0.2) is 51.7 Å². The molecule has 118 valence electrons. The van der Waals surface area contributed by atoms with Gasteiger partial charge in [0.25, 0.3) is 5.91 Å². The predicted octanol–water partition coefficient (Wildman–Crippen LogP) is 0.0601. The summed E-state index contributed by atoms with van der Waals surface area (Å²) in [7, 11) is 1.61. The molecule has 1 heterocycles. The monoisotopic (exact) mass is 297 g/mol. The number of ether oxygens (including phenoxy) is 1. The van der Waals surface area contributed by atoms with Crippen molar-refractivity contribution in [1.29, 1.82) is 0 Å². The highest BCUT2D eigenvalue weighted by molar-refractivity contribution is 5.92. The van der Waals surface area contributed by atoms with E-state index < -0.39 is 0 Å². The summed E-state index contributed by atoms with van der Waals surface area (Å²) in [5.41, 5.74) is 0.808. The van der Waals surface area contributed by atoms with Crippen LogP contribution in [0.25, 0.3) is 0 Å². The Balaban J connectivity index is 2.03. The molecule has 0 fully saturated rings. The van der Waals surface area contributed by atoms with Crippen molar-refractivity contribution in [2.45, 2.75) is 13.3 Å². The Morgan fingerprint density at radius 3 is 2.67 bits per heavy atom. The lowest BCUT2D eigenvalue weighted by molar-refractivity contribution is -0.120. The van der Waals surface area contributed by atoms with E-state index in [9.17, 15) is 9.59 Å². The van der Waals surface area contributed by atoms with E-state index in [0.29, 0.717) is 38.4 Å². The lowest BCUT2D eigenvalue weighted by atomic mass is 10.2. The van der Waals surface area contributed by atoms with Crippen LogP contribution >= 0.6 is 0 Å². The van der Waals surface area contributed by atoms with E-state index in [1.54, 1.807) is 13.2 Å². The molecule has 7 nitrogen and oxygen atoms in total. The standard InChI is InChI=1S/C14H23N3O4/c1-11-4-8-21-13(11)14(19)17-6-3-5-16-12(18)10-15-7-9-20-2/h4,8,15H,3,5-7,9-10H2,1-2H3,(H,16,18)(H,17,19). The minimum Gasteiger partial charge on any atom is -0.459 e. The van der Waals surface area contributed by atoms with E-state index in [1.807, 2.05) is 6.92 Å². The Kier molecular flexibility index (Phi) is 8.15. The summed E-state index contributed by atoms with van der Waals surface area (Å²) in [5.74, 6) is 0.0331. The Morgan fingerprint density at radius 2 is 2.00 bits per heavy atom. The Hall–Kier alpha value is -1.86. The fraction of sp³-hybridized carbons (Fsp3) is 0.571. The SMILES string of the molecule is COCCNCC(=O)NCCCNC(=O)c1occc1C. The van der Waals surface area contributed by atoms with Crippen LogP contribution in [0.5, 0.6) is 0 Å². The van der Waals surface area contributed by atoms with Gasteiger partial charge in [0.2, 0.25) is 5.91 Å². The maximum Gasteiger partial charge on any atom is 0.287 e. The average molecular weight is 297 g/mol. The Bertz CT molecular complexity index is 445. The van der Waals surface area contributed by atoms with Gasteiger partial charge in [-0.15, -0.1) is 0 Å². The highest BCUT2D eigenvalue weighted by Crippen LogP contribution is 2.07. The maximum absolute atomic E-state index is 11.7. The number of carbonyl (C=O) groups is 2. The molecule has 2 amide bonds. The van der Waals surface area contributed by atoms with Gasteiger partial charge in [0, 0.05) is 32.3 Å². The van der Waals surface area contributed by atoms with E-state index in [0.717, 1.165) is 5.56 Å². The van der Waals surface area contributed by atoms with Gasteiger partial charge in [0.15, 0.2) is 5.76 Å². The van der Waals surface area contributed by atoms with Gasteiger partial charge in [0.05, 0.1) is 19.4 Å². The van der Waals surface area contributed by atoms with Crippen molar-refractivity contribution in [2.75, 3.05) is 39.9 Å². The molecule has 0 aliphatic carbocycles. The predicted molar refractivity (Wildman–Crippen MR) is 78.2 cm³/mol. The molecule has 0 saturated heterocycles. The van der Waals surface area contributed by atoms with Crippen LogP contribution in [0, 0.1) is 6.92 Å². The lowest BCUT2D eigenvalue weighted by Crippen LogP contribution is -2.36. The third kappa shape index (κ3) is 6.92. The second-order valence-electron chi connectivity index (χ2n) is 4.56. The van der Waals surface area contributed by atoms with Gasteiger partial charge in [-0.2, -0.15) is 0 Å². The molecular weight excluding hydrogens is 274 g/mol. The number of nitrogens with one attached hydrogen (secondary N) is 3. The molecule has 3 N–H and O–H groups in total. The summed E-state index contributed by atoms with van der Waals surface area (Å²) in [4.78, 5) is 23.1. The van der Waals surface area contributed by atoms with Gasteiger partial charge >= 0.3 is 0 Å². The van der Waals surface area contributed by atoms with Crippen molar-refractivity contribution in [3.63, 3.8) is 0 Å². The number of amides is 2. The molecule has 0 bridgehead atoms. The Morgan fingerprint density at radius 1 is 1.24 bits per heavy atom. The Labute approximate surface area is 124 Å². The minimum absolute atomic E-state index is 0.0701. The maximum atomic E-state index is 11.7. The van der Waals surface area contributed by atoms with Gasteiger partial charge < -0.3 is 25.1 Å². The zero-order chi connectivity index (χ0) is 15.5. The molecule has 21 heavy (non-hydrogen) atoms. The fourth-order valence-electron chi connectivity index (χ4n) is 1.64. The minimum atomic E-state index is -0.231. The number of furan rings is 1. The molecule has 0 atom stereocenters. The molecule has 1 aromatic rings. The second-order valence-corrected chi connectivity index (χ2v) is 4.56. The van der Waals surface area contributed by atoms with Crippen LogP contribution < -0.4 is 16.0 Å². The van der Waals surface area contributed by atoms with E-state index in [-0.39, 0.29) is 18.4 Å². The number of hydrogen-bond acceptors (Lipinski definition) is 5. The number of rotatable bonds is 10. The molecule has 0 aromatic carbocycles. The molecule has 0 radical (unpaired) electrons. The summed E-state index contributed by atoms with van der Waals surface area (Å²) >= 11 is 0. The molecule has 0 spiro atoms. The zero-order valence-corrected chi connectivity index (χ0v) is 12.5. The number of aryl methyl sites for hydroxylation is 1. The molecule has 1 aromatic heterocycles. The van der Waals surface area contributed by atoms with Gasteiger partial charge in [0.1, 0.15) is 0 Å². The topological polar surface area (TPSA) is 92.6 Å². The van der Waals surface area contributed by atoms with Crippen molar-refractivity contribution >= 4 is 11.8 Å². The first-order valence-electron chi connectivity index (χ1n) is 6.93. The third-order valence-electron chi connectivity index (χ3n) is 2.80. The third-order valence-corrected chi connectivity index (χ3v) is 2.80. The second kappa shape index (κ2) is 9.95. The van der Waals surface area contributed by atoms with Gasteiger partial charge in [-0.05, 0) is 19.4 Å². The van der Waals surface area contributed by atoms with Crippen molar-refractivity contribution in [3.8, 4) is 0 Å². The van der Waals surface area contributed by atoms with Gasteiger partial charge in [-0.3, -0.25) is 9.59 Å². The van der Waals surface area contributed by atoms with Crippen molar-refractivity contribution in [1.82, 2.24) is 16.0 Å². The van der Waals surface area contributed by atoms with E-state index >= 15 is 0 Å². The highest BCUT2D eigenvalue weighted by atomic mass is 16.5. The lowest BCUT2D eigenvalue weighted by Gasteiger charge is -2.07. The fourth-order valence-corrected chi connectivity index (χ4v) is 1.64. The summed E-state index contributed by atoms with van der Waals surface area (Å²) in [5, 5.41) is 8.46. The highest BCUT2D eigenvalue weighted by Gasteiger charge is 2.11. The molecule has 1 rings (SSSR count). The normalized spacial score (nSPS) is 10.4. The van der Waals surface area contributed by atoms with E-state index in [2.05, 4.69) is 16.0 Å². The van der Waals surface area contributed by atoms with Gasteiger partial charge in [-0.1, -0.05) is 0 Å². The molecule has 0 unspecified atom stereocenters. The number of methoxy groups -OCH3 is 1. The number of carbonyl (C=O) groups excluding carboxylic acids is 2. The molecular formula is C14H23N3O4. The van der Waals surface area contributed by atoms with Crippen molar-refractivity contribution in [2.24, 2.45) is 0 Å². The molecule has 7 heteroatoms. The molecule has 0 aliphatic rings.